The zero-order chi connectivity index (χ0) is 11.4. The molecular weight excluding hydrogens is 236 g/mol. The summed E-state index contributed by atoms with van der Waals surface area (Å²) in [5.41, 5.74) is 0. The summed E-state index contributed by atoms with van der Waals surface area (Å²) >= 11 is 0. The number of amides is 1. The Labute approximate surface area is 111 Å². The Morgan fingerprint density at radius 3 is 2.53 bits per heavy atom. The highest BCUT2D eigenvalue weighted by atomic mass is 35.5. The van der Waals surface area contributed by atoms with Crippen molar-refractivity contribution in [2.45, 2.75) is 51.0 Å². The van der Waals surface area contributed by atoms with Crippen molar-refractivity contribution in [1.82, 2.24) is 10.2 Å². The SMILES string of the molecule is CN(C(=O)CC1CCCCC1)C1CCNC1.Cl. The van der Waals surface area contributed by atoms with Gasteiger partial charge >= 0.3 is 0 Å². The summed E-state index contributed by atoms with van der Waals surface area (Å²) in [4.78, 5) is 14.1. The van der Waals surface area contributed by atoms with E-state index < -0.39 is 0 Å². The van der Waals surface area contributed by atoms with E-state index in [2.05, 4.69) is 5.32 Å². The average Bonchev–Trinajstić information content (AvgIpc) is 2.83. The number of halogens is 1. The van der Waals surface area contributed by atoms with Crippen molar-refractivity contribution in [2.24, 2.45) is 5.92 Å². The van der Waals surface area contributed by atoms with Crippen LogP contribution in [-0.4, -0.2) is 37.0 Å². The molecule has 1 saturated heterocycles. The molecule has 3 nitrogen and oxygen atoms in total. The van der Waals surface area contributed by atoms with Gasteiger partial charge in [0.25, 0.3) is 0 Å². The summed E-state index contributed by atoms with van der Waals surface area (Å²) in [5, 5.41) is 3.32. The van der Waals surface area contributed by atoms with Crippen molar-refractivity contribution >= 4 is 18.3 Å². The molecule has 2 rings (SSSR count). The summed E-state index contributed by atoms with van der Waals surface area (Å²) in [6.45, 7) is 2.04. The van der Waals surface area contributed by atoms with Crippen LogP contribution in [0.2, 0.25) is 0 Å². The highest BCUT2D eigenvalue weighted by Crippen LogP contribution is 2.27. The molecule has 1 heterocycles. The molecule has 17 heavy (non-hydrogen) atoms. The van der Waals surface area contributed by atoms with Gasteiger partial charge in [0.1, 0.15) is 0 Å². The number of likely N-dealkylation sites (N-methyl/N-ethyl adjacent to an activating group) is 1. The molecule has 1 atom stereocenters. The standard InChI is InChI=1S/C13H24N2O.ClH/c1-15(12-7-8-14-10-12)13(16)9-11-5-3-2-4-6-11;/h11-12,14H,2-10H2,1H3;1H. The lowest BCUT2D eigenvalue weighted by Gasteiger charge is -2.27. The third-order valence-corrected chi connectivity index (χ3v) is 4.16. The van der Waals surface area contributed by atoms with E-state index in [1.807, 2.05) is 11.9 Å². The Balaban J connectivity index is 0.00000144. The molecule has 0 spiro atoms. The fourth-order valence-electron chi connectivity index (χ4n) is 2.96. The Kier molecular flexibility index (Phi) is 6.28. The first-order valence-corrected chi connectivity index (χ1v) is 6.74. The van der Waals surface area contributed by atoms with Gasteiger partial charge in [-0.3, -0.25) is 4.79 Å². The molecule has 2 fully saturated rings. The van der Waals surface area contributed by atoms with Gasteiger partial charge < -0.3 is 10.2 Å². The third kappa shape index (κ3) is 4.14. The van der Waals surface area contributed by atoms with Gasteiger partial charge in [-0.1, -0.05) is 19.3 Å². The molecule has 0 aromatic rings. The van der Waals surface area contributed by atoms with Crippen molar-refractivity contribution in [3.05, 3.63) is 0 Å². The second kappa shape index (κ2) is 7.22. The first-order chi connectivity index (χ1) is 7.77. The van der Waals surface area contributed by atoms with Gasteiger partial charge in [0.2, 0.25) is 5.91 Å². The number of nitrogens with one attached hydrogen (secondary N) is 1. The van der Waals surface area contributed by atoms with Crippen LogP contribution < -0.4 is 5.32 Å². The molecule has 1 aliphatic heterocycles. The number of carbonyl (C=O) groups excluding carboxylic acids is 1. The van der Waals surface area contributed by atoms with Crippen molar-refractivity contribution in [1.29, 1.82) is 0 Å². The highest BCUT2D eigenvalue weighted by Gasteiger charge is 2.25. The Morgan fingerprint density at radius 2 is 1.94 bits per heavy atom. The summed E-state index contributed by atoms with van der Waals surface area (Å²) in [6, 6.07) is 0.441. The first kappa shape index (κ1) is 14.8. The van der Waals surface area contributed by atoms with Crippen LogP contribution in [0.25, 0.3) is 0 Å². The molecule has 1 saturated carbocycles. The van der Waals surface area contributed by atoms with Crippen LogP contribution in [-0.2, 0) is 4.79 Å². The second-order valence-corrected chi connectivity index (χ2v) is 5.36. The van der Waals surface area contributed by atoms with Gasteiger partial charge in [0.15, 0.2) is 0 Å². The van der Waals surface area contributed by atoms with Crippen LogP contribution in [0.1, 0.15) is 44.9 Å². The maximum Gasteiger partial charge on any atom is 0.222 e. The van der Waals surface area contributed by atoms with E-state index in [-0.39, 0.29) is 12.4 Å². The summed E-state index contributed by atoms with van der Waals surface area (Å²) in [7, 11) is 1.98. The minimum absolute atomic E-state index is 0. The van der Waals surface area contributed by atoms with E-state index in [1.54, 1.807) is 0 Å². The number of nitrogens with zero attached hydrogens (tertiary/aromatic N) is 1. The van der Waals surface area contributed by atoms with Gasteiger partial charge in [-0.2, -0.15) is 0 Å². The fraction of sp³-hybridized carbons (Fsp3) is 0.923. The molecule has 1 N–H and O–H groups in total. The van der Waals surface area contributed by atoms with Crippen LogP contribution in [0.4, 0.5) is 0 Å². The molecule has 2 aliphatic rings. The number of hydrogen-bond acceptors (Lipinski definition) is 2. The van der Waals surface area contributed by atoms with Gasteiger partial charge in [-0.25, -0.2) is 0 Å². The second-order valence-electron chi connectivity index (χ2n) is 5.36. The maximum atomic E-state index is 12.1. The first-order valence-electron chi connectivity index (χ1n) is 6.74. The summed E-state index contributed by atoms with van der Waals surface area (Å²) in [5.74, 6) is 1.03. The largest absolute Gasteiger partial charge is 0.341 e. The summed E-state index contributed by atoms with van der Waals surface area (Å²) < 4.78 is 0. The minimum Gasteiger partial charge on any atom is -0.341 e. The fourth-order valence-corrected chi connectivity index (χ4v) is 2.96. The topological polar surface area (TPSA) is 32.3 Å². The lowest BCUT2D eigenvalue weighted by atomic mass is 9.86. The molecule has 0 bridgehead atoms. The predicted molar refractivity (Wildman–Crippen MR) is 72.5 cm³/mol. The van der Waals surface area contributed by atoms with Crippen molar-refractivity contribution < 1.29 is 4.79 Å². The maximum absolute atomic E-state index is 12.1. The lowest BCUT2D eigenvalue weighted by Crippen LogP contribution is -2.39. The molecule has 0 aromatic heterocycles. The molecule has 0 aromatic carbocycles. The van der Waals surface area contributed by atoms with Gasteiger partial charge in [-0.05, 0) is 31.7 Å². The van der Waals surface area contributed by atoms with E-state index in [4.69, 9.17) is 0 Å². The molecule has 0 radical (unpaired) electrons. The number of carbonyl (C=O) groups is 1. The number of rotatable bonds is 3. The van der Waals surface area contributed by atoms with Gasteiger partial charge in [0.05, 0.1) is 0 Å². The van der Waals surface area contributed by atoms with E-state index >= 15 is 0 Å². The molecule has 1 amide bonds. The van der Waals surface area contributed by atoms with Crippen LogP contribution in [0, 0.1) is 5.92 Å². The lowest BCUT2D eigenvalue weighted by molar-refractivity contribution is -0.132. The zero-order valence-electron chi connectivity index (χ0n) is 10.8. The van der Waals surface area contributed by atoms with Crippen molar-refractivity contribution in [3.8, 4) is 0 Å². The molecule has 100 valence electrons. The van der Waals surface area contributed by atoms with E-state index in [1.165, 1.54) is 32.1 Å². The van der Waals surface area contributed by atoms with Crippen molar-refractivity contribution in [2.75, 3.05) is 20.1 Å². The minimum atomic E-state index is 0. The summed E-state index contributed by atoms with van der Waals surface area (Å²) in [6.07, 6.45) is 8.46. The quantitative estimate of drug-likeness (QED) is 0.844. The van der Waals surface area contributed by atoms with Crippen LogP contribution in [0.5, 0.6) is 0 Å². The normalized spacial score (nSPS) is 25.4. The predicted octanol–water partition coefficient (Wildman–Crippen LogP) is 2.20. The Bertz CT molecular complexity index is 236. The zero-order valence-corrected chi connectivity index (χ0v) is 11.6. The molecule has 1 unspecified atom stereocenters. The van der Waals surface area contributed by atoms with Crippen LogP contribution >= 0.6 is 12.4 Å². The number of hydrogen-bond donors (Lipinski definition) is 1. The molecular formula is C13H25ClN2O. The highest BCUT2D eigenvalue weighted by molar-refractivity contribution is 5.85. The average molecular weight is 261 g/mol. The smallest absolute Gasteiger partial charge is 0.222 e. The van der Waals surface area contributed by atoms with Crippen LogP contribution in [0.3, 0.4) is 0 Å². The van der Waals surface area contributed by atoms with E-state index in [0.29, 0.717) is 17.9 Å². The third-order valence-electron chi connectivity index (χ3n) is 4.16. The van der Waals surface area contributed by atoms with Gasteiger partial charge in [0, 0.05) is 26.1 Å². The van der Waals surface area contributed by atoms with Crippen molar-refractivity contribution in [3.63, 3.8) is 0 Å². The van der Waals surface area contributed by atoms with E-state index in [0.717, 1.165) is 25.9 Å². The van der Waals surface area contributed by atoms with Gasteiger partial charge in [-0.15, -0.1) is 12.4 Å². The Morgan fingerprint density at radius 1 is 1.24 bits per heavy atom. The molecule has 1 aliphatic carbocycles. The van der Waals surface area contributed by atoms with E-state index in [9.17, 15) is 4.79 Å². The molecule has 4 heteroatoms. The van der Waals surface area contributed by atoms with Crippen LogP contribution in [0.15, 0.2) is 0 Å². The Hall–Kier alpha value is -0.280. The monoisotopic (exact) mass is 260 g/mol.